The molecule has 0 aromatic carbocycles. The highest BCUT2D eigenvalue weighted by Gasteiger charge is 1.79. The van der Waals surface area contributed by atoms with Crippen molar-refractivity contribution in [3.63, 3.8) is 0 Å². The van der Waals surface area contributed by atoms with Crippen LogP contribution >= 0.6 is 17.4 Å². The van der Waals surface area contributed by atoms with Gasteiger partial charge in [0.2, 0.25) is 0 Å². The molecule has 2 unspecified atom stereocenters. The first-order valence-corrected chi connectivity index (χ1v) is 4.71. The average Bonchev–Trinajstić information content (AvgIpc) is 1.61. The summed E-state index contributed by atoms with van der Waals surface area (Å²) < 4.78 is 4.99. The van der Waals surface area contributed by atoms with E-state index in [2.05, 4.69) is 15.5 Å². The third kappa shape index (κ3) is 6.56. The van der Waals surface area contributed by atoms with Gasteiger partial charge >= 0.3 is 0 Å². The Bertz CT molecular complexity index is 62.7. The first-order chi connectivity index (χ1) is 3.27. The van der Waals surface area contributed by atoms with Crippen LogP contribution in [0.15, 0.2) is 12.2 Å². The maximum Gasteiger partial charge on any atom is 0.0715 e. The van der Waals surface area contributed by atoms with Crippen molar-refractivity contribution in [2.75, 3.05) is 6.61 Å². The maximum atomic E-state index is 4.99. The van der Waals surface area contributed by atoms with Gasteiger partial charge < -0.3 is 4.52 Å². The molecular weight excluding hydrogens is 126 g/mol. The van der Waals surface area contributed by atoms with Crippen molar-refractivity contribution < 1.29 is 4.52 Å². The molecule has 0 N–H and O–H groups in total. The molecule has 0 aromatic rings. The summed E-state index contributed by atoms with van der Waals surface area (Å²) in [6.07, 6.45) is 0. The molecule has 0 bridgehead atoms. The highest BCUT2D eigenvalue weighted by atomic mass is 32.0. The molecule has 3 heteroatoms. The second kappa shape index (κ2) is 4.71. The molecule has 0 spiro atoms. The molecule has 0 saturated carbocycles. The van der Waals surface area contributed by atoms with Crippen molar-refractivity contribution in [2.24, 2.45) is 0 Å². The van der Waals surface area contributed by atoms with Crippen LogP contribution in [-0.2, 0) is 4.52 Å². The molecule has 7 heavy (non-hydrogen) atoms. The zero-order chi connectivity index (χ0) is 5.70. The van der Waals surface area contributed by atoms with Gasteiger partial charge in [-0.2, -0.15) is 0 Å². The smallest absolute Gasteiger partial charge is 0.0715 e. The van der Waals surface area contributed by atoms with Gasteiger partial charge in [-0.05, 0) is 6.92 Å². The highest BCUT2D eigenvalue weighted by molar-refractivity contribution is 8.00. The van der Waals surface area contributed by atoms with Crippen LogP contribution in [0.1, 0.15) is 6.92 Å². The van der Waals surface area contributed by atoms with Crippen molar-refractivity contribution in [2.45, 2.75) is 6.92 Å². The van der Waals surface area contributed by atoms with E-state index in [0.717, 1.165) is 5.57 Å². The van der Waals surface area contributed by atoms with Gasteiger partial charge in [-0.25, -0.2) is 0 Å². The van der Waals surface area contributed by atoms with Crippen LogP contribution in [0, 0.1) is 0 Å². The largest absolute Gasteiger partial charge is 0.354 e. The molecule has 0 saturated heterocycles. The standard InChI is InChI=1S/C4H10OP2/c1-4(2)3-5-7-6/h7H,1,3,6H2,2H3. The summed E-state index contributed by atoms with van der Waals surface area (Å²) >= 11 is 0. The highest BCUT2D eigenvalue weighted by Crippen LogP contribution is 2.21. The van der Waals surface area contributed by atoms with E-state index in [-0.39, 0.29) is 0 Å². The van der Waals surface area contributed by atoms with Crippen LogP contribution in [0.2, 0.25) is 0 Å². The lowest BCUT2D eigenvalue weighted by molar-refractivity contribution is 0.411. The van der Waals surface area contributed by atoms with Gasteiger partial charge in [-0.15, -0.1) is 0 Å². The minimum Gasteiger partial charge on any atom is -0.354 e. The van der Waals surface area contributed by atoms with Crippen LogP contribution < -0.4 is 0 Å². The Morgan fingerprint density at radius 3 is 2.71 bits per heavy atom. The van der Waals surface area contributed by atoms with Crippen LogP contribution in [0.3, 0.4) is 0 Å². The molecule has 1 nitrogen and oxygen atoms in total. The topological polar surface area (TPSA) is 9.23 Å². The molecule has 42 valence electrons. The molecule has 0 aliphatic carbocycles. The SMILES string of the molecule is C=C(C)COPP. The van der Waals surface area contributed by atoms with Gasteiger partial charge in [0.25, 0.3) is 0 Å². The van der Waals surface area contributed by atoms with Crippen molar-refractivity contribution in [3.8, 4) is 0 Å². The van der Waals surface area contributed by atoms with E-state index >= 15 is 0 Å². The van der Waals surface area contributed by atoms with Gasteiger partial charge in [0.05, 0.1) is 6.61 Å². The molecule has 0 radical (unpaired) electrons. The Labute approximate surface area is 48.5 Å². The molecule has 0 rings (SSSR count). The second-order valence-electron chi connectivity index (χ2n) is 1.36. The van der Waals surface area contributed by atoms with E-state index in [1.807, 2.05) is 6.92 Å². The zero-order valence-corrected chi connectivity index (χ0v) is 6.55. The van der Waals surface area contributed by atoms with Crippen molar-refractivity contribution in [1.82, 2.24) is 0 Å². The van der Waals surface area contributed by atoms with Gasteiger partial charge in [0, 0.05) is 8.50 Å². The summed E-state index contributed by atoms with van der Waals surface area (Å²) in [5.74, 6) is 0. The maximum absolute atomic E-state index is 4.99. The Kier molecular flexibility index (Phi) is 5.09. The Morgan fingerprint density at radius 2 is 2.57 bits per heavy atom. The summed E-state index contributed by atoms with van der Waals surface area (Å²) in [7, 11) is 3.02. The molecule has 2 atom stereocenters. The van der Waals surface area contributed by atoms with E-state index in [0.29, 0.717) is 15.1 Å². The lowest BCUT2D eigenvalue weighted by Crippen LogP contribution is -1.81. The summed E-state index contributed by atoms with van der Waals surface area (Å²) in [5, 5.41) is 0. The van der Waals surface area contributed by atoms with Crippen LogP contribution in [-0.4, -0.2) is 6.61 Å². The minimum absolute atomic E-state index is 0.506. The zero-order valence-electron chi connectivity index (χ0n) is 4.40. The Hall–Kier alpha value is 0.560. The molecule has 0 aliphatic heterocycles. The molecule has 0 heterocycles. The molecule has 0 aromatic heterocycles. The minimum atomic E-state index is 0.506. The van der Waals surface area contributed by atoms with E-state index < -0.39 is 0 Å². The van der Waals surface area contributed by atoms with Gasteiger partial charge in [-0.3, -0.25) is 0 Å². The molecule has 0 amide bonds. The predicted octanol–water partition coefficient (Wildman–Crippen LogP) is 1.96. The number of hydrogen-bond donors (Lipinski definition) is 0. The average molecular weight is 136 g/mol. The molecule has 0 fully saturated rings. The normalized spacial score (nSPS) is 10.6. The fraction of sp³-hybridized carbons (Fsp3) is 0.500. The first-order valence-electron chi connectivity index (χ1n) is 1.99. The second-order valence-corrected chi connectivity index (χ2v) is 2.60. The van der Waals surface area contributed by atoms with Crippen molar-refractivity contribution in [3.05, 3.63) is 12.2 Å². The van der Waals surface area contributed by atoms with Crippen LogP contribution in [0.5, 0.6) is 0 Å². The number of hydrogen-bond acceptors (Lipinski definition) is 1. The van der Waals surface area contributed by atoms with Gasteiger partial charge in [-0.1, -0.05) is 21.1 Å². The lowest BCUT2D eigenvalue weighted by Gasteiger charge is -1.95. The van der Waals surface area contributed by atoms with E-state index in [1.165, 1.54) is 0 Å². The van der Waals surface area contributed by atoms with E-state index in [1.54, 1.807) is 0 Å². The quantitative estimate of drug-likeness (QED) is 0.425. The lowest BCUT2D eigenvalue weighted by atomic mass is 10.4. The van der Waals surface area contributed by atoms with Gasteiger partial charge in [0.15, 0.2) is 0 Å². The summed E-state index contributed by atoms with van der Waals surface area (Å²) in [4.78, 5) is 0. The van der Waals surface area contributed by atoms with Crippen molar-refractivity contribution in [1.29, 1.82) is 0 Å². The third-order valence-electron chi connectivity index (χ3n) is 0.402. The summed E-state index contributed by atoms with van der Waals surface area (Å²) in [6.45, 7) is 6.31. The van der Waals surface area contributed by atoms with E-state index in [4.69, 9.17) is 4.52 Å². The Morgan fingerprint density at radius 1 is 2.00 bits per heavy atom. The molecular formula is C4H10OP2. The third-order valence-corrected chi connectivity index (χ3v) is 1.21. The van der Waals surface area contributed by atoms with Crippen LogP contribution in [0.25, 0.3) is 0 Å². The summed E-state index contributed by atoms with van der Waals surface area (Å²) in [5.41, 5.74) is 1.08. The predicted molar refractivity (Wildman–Crippen MR) is 38.8 cm³/mol. The van der Waals surface area contributed by atoms with E-state index in [9.17, 15) is 0 Å². The van der Waals surface area contributed by atoms with Crippen molar-refractivity contribution >= 4 is 17.4 Å². The Balaban J connectivity index is 2.82. The number of rotatable bonds is 3. The fourth-order valence-electron chi connectivity index (χ4n) is 0.165. The monoisotopic (exact) mass is 136 g/mol. The van der Waals surface area contributed by atoms with Crippen LogP contribution in [0.4, 0.5) is 0 Å². The molecule has 0 aliphatic rings. The fourth-order valence-corrected chi connectivity index (χ4v) is 0.745. The first kappa shape index (κ1) is 7.56. The summed E-state index contributed by atoms with van der Waals surface area (Å²) in [6, 6.07) is 0. The van der Waals surface area contributed by atoms with Gasteiger partial charge in [0.1, 0.15) is 0 Å².